The fourth-order valence-corrected chi connectivity index (χ4v) is 3.67. The van der Waals surface area contributed by atoms with Gasteiger partial charge >= 0.3 is 0 Å². The highest BCUT2D eigenvalue weighted by atomic mass is 79.9. The predicted octanol–water partition coefficient (Wildman–Crippen LogP) is 5.55. The van der Waals surface area contributed by atoms with Gasteiger partial charge in [-0.05, 0) is 51.8 Å². The van der Waals surface area contributed by atoms with Crippen LogP contribution in [0.3, 0.4) is 0 Å². The molecule has 0 saturated carbocycles. The summed E-state index contributed by atoms with van der Waals surface area (Å²) in [6, 6.07) is 18.1. The van der Waals surface area contributed by atoms with E-state index in [9.17, 15) is 0 Å². The van der Waals surface area contributed by atoms with Gasteiger partial charge in [-0.3, -0.25) is 9.97 Å². The lowest BCUT2D eigenvalue weighted by Gasteiger charge is -2.03. The first kappa shape index (κ1) is 15.2. The zero-order valence-electron chi connectivity index (χ0n) is 13.6. The summed E-state index contributed by atoms with van der Waals surface area (Å²) in [5, 5.41) is 2.02. The van der Waals surface area contributed by atoms with Crippen molar-refractivity contribution >= 4 is 59.3 Å². The summed E-state index contributed by atoms with van der Waals surface area (Å²) in [5.41, 5.74) is 4.74. The molecular formula is C21H13BrN4. The van der Waals surface area contributed by atoms with Crippen LogP contribution in [0, 0.1) is 0 Å². The number of aromatic nitrogens is 4. The largest absolute Gasteiger partial charge is 0.337 e. The van der Waals surface area contributed by atoms with Crippen LogP contribution in [0.5, 0.6) is 0 Å². The molecule has 4 nitrogen and oxygen atoms in total. The number of rotatable bonds is 2. The number of aromatic amines is 1. The summed E-state index contributed by atoms with van der Waals surface area (Å²) in [6.45, 7) is 0. The lowest BCUT2D eigenvalue weighted by molar-refractivity contribution is 1.29. The van der Waals surface area contributed by atoms with Gasteiger partial charge in [0.2, 0.25) is 0 Å². The number of pyridine rings is 2. The minimum Gasteiger partial charge on any atom is -0.337 e. The number of imidazole rings is 1. The molecule has 3 heterocycles. The maximum Gasteiger partial charge on any atom is 0.145 e. The molecule has 0 radical (unpaired) electrons. The topological polar surface area (TPSA) is 54.5 Å². The van der Waals surface area contributed by atoms with Gasteiger partial charge in [-0.1, -0.05) is 30.3 Å². The number of hydrogen-bond donors (Lipinski definition) is 1. The molecule has 2 aromatic carbocycles. The zero-order valence-corrected chi connectivity index (χ0v) is 15.2. The molecule has 3 aromatic heterocycles. The standard InChI is InChI=1S/C21H13BrN4/c22-16(12-13-6-2-1-3-7-13)21-25-19-14-8-4-10-23-17(14)18-15(20(19)26-21)9-5-11-24-18/h1-12H,(H,25,26). The molecule has 5 rings (SSSR count). The van der Waals surface area contributed by atoms with Crippen molar-refractivity contribution in [1.29, 1.82) is 0 Å². The first-order valence-electron chi connectivity index (χ1n) is 8.25. The molecule has 0 spiro atoms. The van der Waals surface area contributed by atoms with Gasteiger partial charge in [0.1, 0.15) is 5.82 Å². The highest BCUT2D eigenvalue weighted by Crippen LogP contribution is 2.33. The van der Waals surface area contributed by atoms with Crippen molar-refractivity contribution in [3.63, 3.8) is 0 Å². The highest BCUT2D eigenvalue weighted by Gasteiger charge is 2.15. The summed E-state index contributed by atoms with van der Waals surface area (Å²) in [7, 11) is 0. The van der Waals surface area contributed by atoms with Crippen molar-refractivity contribution in [3.05, 3.63) is 78.4 Å². The molecule has 5 aromatic rings. The van der Waals surface area contributed by atoms with E-state index >= 15 is 0 Å². The molecule has 0 amide bonds. The molecule has 124 valence electrons. The number of halogens is 1. The normalized spacial score (nSPS) is 12.3. The Kier molecular flexibility index (Phi) is 3.53. The Morgan fingerprint density at radius 2 is 1.50 bits per heavy atom. The van der Waals surface area contributed by atoms with E-state index in [0.717, 1.165) is 48.7 Å². The Morgan fingerprint density at radius 3 is 2.27 bits per heavy atom. The lowest BCUT2D eigenvalue weighted by atomic mass is 10.1. The number of hydrogen-bond acceptors (Lipinski definition) is 3. The third kappa shape index (κ3) is 2.40. The second-order valence-corrected chi connectivity index (χ2v) is 6.87. The minimum absolute atomic E-state index is 0.783. The molecule has 0 saturated heterocycles. The molecule has 0 bridgehead atoms. The van der Waals surface area contributed by atoms with Crippen LogP contribution in [-0.4, -0.2) is 19.9 Å². The number of fused-ring (bicyclic) bond motifs is 6. The fraction of sp³-hybridized carbons (Fsp3) is 0. The van der Waals surface area contributed by atoms with Gasteiger partial charge in [0.25, 0.3) is 0 Å². The van der Waals surface area contributed by atoms with Crippen LogP contribution in [0.4, 0.5) is 0 Å². The number of nitrogens with zero attached hydrogens (tertiary/aromatic N) is 3. The molecule has 0 aliphatic heterocycles. The summed E-state index contributed by atoms with van der Waals surface area (Å²) in [6.07, 6.45) is 5.64. The quantitative estimate of drug-likeness (QED) is 0.395. The highest BCUT2D eigenvalue weighted by molar-refractivity contribution is 9.15. The summed E-state index contributed by atoms with van der Waals surface area (Å²) in [5.74, 6) is 0.783. The van der Waals surface area contributed by atoms with E-state index < -0.39 is 0 Å². The van der Waals surface area contributed by atoms with E-state index in [1.165, 1.54) is 0 Å². The number of benzene rings is 2. The van der Waals surface area contributed by atoms with Gasteiger partial charge in [-0.25, -0.2) is 4.98 Å². The Morgan fingerprint density at radius 1 is 0.808 bits per heavy atom. The third-order valence-electron chi connectivity index (χ3n) is 4.39. The van der Waals surface area contributed by atoms with Crippen molar-refractivity contribution < 1.29 is 0 Å². The van der Waals surface area contributed by atoms with E-state index in [2.05, 4.69) is 55.2 Å². The third-order valence-corrected chi connectivity index (χ3v) is 4.99. The van der Waals surface area contributed by atoms with E-state index in [1.54, 1.807) is 12.4 Å². The van der Waals surface area contributed by atoms with Gasteiger partial charge in [-0.15, -0.1) is 0 Å². The molecule has 0 aliphatic rings. The van der Waals surface area contributed by atoms with Crippen molar-refractivity contribution in [2.75, 3.05) is 0 Å². The SMILES string of the molecule is BrC(=Cc1ccccc1)c1nc2c3cccnc3c3ncccc3c2[nH]1. The molecule has 0 fully saturated rings. The first-order chi connectivity index (χ1) is 12.8. The number of H-pyrrole nitrogens is 1. The van der Waals surface area contributed by atoms with E-state index in [1.807, 2.05) is 36.4 Å². The molecule has 1 N–H and O–H groups in total. The van der Waals surface area contributed by atoms with Gasteiger partial charge in [0.05, 0.1) is 26.5 Å². The second kappa shape index (κ2) is 6.04. The van der Waals surface area contributed by atoms with E-state index in [0.29, 0.717) is 0 Å². The minimum atomic E-state index is 0.783. The van der Waals surface area contributed by atoms with Crippen molar-refractivity contribution in [2.45, 2.75) is 0 Å². The van der Waals surface area contributed by atoms with Crippen molar-refractivity contribution in [2.24, 2.45) is 0 Å². The van der Waals surface area contributed by atoms with Crippen molar-refractivity contribution in [3.8, 4) is 0 Å². The first-order valence-corrected chi connectivity index (χ1v) is 9.04. The van der Waals surface area contributed by atoms with E-state index in [-0.39, 0.29) is 0 Å². The second-order valence-electron chi connectivity index (χ2n) is 6.01. The molecule has 0 unspecified atom stereocenters. The van der Waals surface area contributed by atoms with Gasteiger partial charge < -0.3 is 4.98 Å². The fourth-order valence-electron chi connectivity index (χ4n) is 3.22. The lowest BCUT2D eigenvalue weighted by Crippen LogP contribution is -1.86. The maximum atomic E-state index is 4.85. The smallest absolute Gasteiger partial charge is 0.145 e. The number of nitrogens with one attached hydrogen (secondary N) is 1. The molecule has 0 atom stereocenters. The van der Waals surface area contributed by atoms with Crippen molar-refractivity contribution in [1.82, 2.24) is 19.9 Å². The van der Waals surface area contributed by atoms with Crippen LogP contribution >= 0.6 is 15.9 Å². The Bertz CT molecular complexity index is 1220. The van der Waals surface area contributed by atoms with Crippen LogP contribution in [0.15, 0.2) is 67.0 Å². The van der Waals surface area contributed by atoms with Crippen LogP contribution in [0.25, 0.3) is 43.4 Å². The maximum absolute atomic E-state index is 4.85. The zero-order chi connectivity index (χ0) is 17.5. The Labute approximate surface area is 157 Å². The Balaban J connectivity index is 1.81. The Hall–Kier alpha value is -3.05. The molecular weight excluding hydrogens is 388 g/mol. The van der Waals surface area contributed by atoms with E-state index in [4.69, 9.17) is 4.98 Å². The monoisotopic (exact) mass is 400 g/mol. The molecule has 0 aliphatic carbocycles. The molecule has 26 heavy (non-hydrogen) atoms. The van der Waals surface area contributed by atoms with Gasteiger partial charge in [0.15, 0.2) is 0 Å². The predicted molar refractivity (Wildman–Crippen MR) is 110 cm³/mol. The van der Waals surface area contributed by atoms with Crippen LogP contribution in [0.2, 0.25) is 0 Å². The average Bonchev–Trinajstić information content (AvgIpc) is 3.15. The average molecular weight is 401 g/mol. The summed E-state index contributed by atoms with van der Waals surface area (Å²) < 4.78 is 0.897. The summed E-state index contributed by atoms with van der Waals surface area (Å²) in [4.78, 5) is 17.4. The van der Waals surface area contributed by atoms with Crippen LogP contribution < -0.4 is 0 Å². The van der Waals surface area contributed by atoms with Gasteiger partial charge in [-0.2, -0.15) is 0 Å². The van der Waals surface area contributed by atoms with Gasteiger partial charge in [0, 0.05) is 23.2 Å². The van der Waals surface area contributed by atoms with Crippen LogP contribution in [-0.2, 0) is 0 Å². The summed E-state index contributed by atoms with van der Waals surface area (Å²) >= 11 is 3.67. The molecule has 5 heteroatoms. The van der Waals surface area contributed by atoms with Crippen LogP contribution in [0.1, 0.15) is 11.4 Å².